The maximum Gasteiger partial charge on any atom is 0.290 e. The van der Waals surface area contributed by atoms with Gasteiger partial charge in [-0.1, -0.05) is 18.2 Å². The molecule has 250 valence electrons. The first-order valence-electron chi connectivity index (χ1n) is 15.5. The van der Waals surface area contributed by atoms with E-state index in [4.69, 9.17) is 0 Å². The van der Waals surface area contributed by atoms with Gasteiger partial charge >= 0.3 is 0 Å². The Labute approximate surface area is 278 Å². The van der Waals surface area contributed by atoms with Crippen molar-refractivity contribution in [1.82, 2.24) is 14.0 Å². The molecular weight excluding hydrogens is 640 g/mol. The van der Waals surface area contributed by atoms with E-state index in [2.05, 4.69) is 4.90 Å². The second kappa shape index (κ2) is 14.1. The highest BCUT2D eigenvalue weighted by molar-refractivity contribution is 6.40. The van der Waals surface area contributed by atoms with Gasteiger partial charge in [-0.05, 0) is 54.1 Å². The molecule has 8 nitrogen and oxygen atoms in total. The number of rotatable bonds is 10. The van der Waals surface area contributed by atoms with E-state index in [1.165, 1.54) is 29.3 Å². The highest BCUT2D eigenvalue weighted by Crippen LogP contribution is 2.22. The molecular formula is C37H30F4N4O4. The number of ketones is 2. The molecule has 0 bridgehead atoms. The predicted octanol–water partition coefficient (Wildman–Crippen LogP) is 5.33. The molecule has 1 aliphatic rings. The smallest absolute Gasteiger partial charge is 0.290 e. The lowest BCUT2D eigenvalue weighted by Crippen LogP contribution is -2.51. The van der Waals surface area contributed by atoms with Crippen LogP contribution in [0.1, 0.15) is 33.5 Å². The Balaban J connectivity index is 1.17. The summed E-state index contributed by atoms with van der Waals surface area (Å²) in [5.74, 6) is -6.96. The Bertz CT molecular complexity index is 2060. The molecule has 3 heterocycles. The second-order valence-corrected chi connectivity index (χ2v) is 11.7. The number of hydrogen-bond acceptors (Lipinski definition) is 5. The third-order valence-corrected chi connectivity index (χ3v) is 8.47. The van der Waals surface area contributed by atoms with Crippen LogP contribution in [-0.4, -0.2) is 57.7 Å². The zero-order chi connectivity index (χ0) is 34.7. The number of halogens is 4. The number of aromatic nitrogens is 2. The van der Waals surface area contributed by atoms with Crippen LogP contribution in [0.4, 0.5) is 23.2 Å². The minimum absolute atomic E-state index is 0.0694. The molecule has 1 fully saturated rings. The van der Waals surface area contributed by atoms with Crippen LogP contribution in [0.3, 0.4) is 0 Å². The van der Waals surface area contributed by atoms with Crippen LogP contribution in [0.5, 0.6) is 0 Å². The first kappa shape index (κ1) is 33.1. The van der Waals surface area contributed by atoms with Crippen LogP contribution >= 0.6 is 0 Å². The van der Waals surface area contributed by atoms with Crippen molar-refractivity contribution in [2.45, 2.75) is 19.4 Å². The first-order chi connectivity index (χ1) is 23.6. The molecule has 12 heteroatoms. The number of carbonyl (C=O) groups is 3. The number of carbonyl (C=O) groups excluding carboxylic acids is 3. The SMILES string of the molecule is O=C(CC(=O)c1cc(Cc2c(F)cc(F)cc2F)cn(Cc2ccccc2F)c1=O)C(=O)N1CCN(c2ccc(-n3cccc3)cc2)CC1. The monoisotopic (exact) mass is 670 g/mol. The van der Waals surface area contributed by atoms with Crippen molar-refractivity contribution >= 4 is 23.2 Å². The number of amides is 1. The van der Waals surface area contributed by atoms with Gasteiger partial charge in [-0.2, -0.15) is 0 Å². The number of anilines is 1. The molecule has 0 atom stereocenters. The van der Waals surface area contributed by atoms with E-state index >= 15 is 0 Å². The third kappa shape index (κ3) is 7.38. The molecule has 1 saturated heterocycles. The molecule has 1 aliphatic heterocycles. The summed E-state index contributed by atoms with van der Waals surface area (Å²) in [5.41, 5.74) is 0.216. The van der Waals surface area contributed by atoms with Crippen molar-refractivity contribution in [1.29, 1.82) is 0 Å². The summed E-state index contributed by atoms with van der Waals surface area (Å²) in [6.45, 7) is 1.04. The summed E-state index contributed by atoms with van der Waals surface area (Å²) in [7, 11) is 0. The average molecular weight is 671 g/mol. The molecule has 0 aliphatic carbocycles. The van der Waals surface area contributed by atoms with Crippen LogP contribution in [0.15, 0.2) is 102 Å². The van der Waals surface area contributed by atoms with E-state index in [9.17, 15) is 36.7 Å². The van der Waals surface area contributed by atoms with E-state index < -0.39 is 70.3 Å². The summed E-state index contributed by atoms with van der Waals surface area (Å²) in [5, 5.41) is 0. The van der Waals surface area contributed by atoms with E-state index in [1.807, 2.05) is 53.4 Å². The Kier molecular flexibility index (Phi) is 9.56. The fraction of sp³-hybridized carbons (Fsp3) is 0.189. The van der Waals surface area contributed by atoms with E-state index in [-0.39, 0.29) is 30.8 Å². The Morgan fingerprint density at radius 1 is 0.714 bits per heavy atom. The van der Waals surface area contributed by atoms with E-state index in [0.717, 1.165) is 22.0 Å². The van der Waals surface area contributed by atoms with Crippen molar-refractivity contribution in [2.24, 2.45) is 0 Å². The maximum absolute atomic E-state index is 14.5. The summed E-state index contributed by atoms with van der Waals surface area (Å²) in [6, 6.07) is 19.5. The van der Waals surface area contributed by atoms with Gasteiger partial charge in [0.1, 0.15) is 23.3 Å². The van der Waals surface area contributed by atoms with Crippen LogP contribution in [0, 0.1) is 23.3 Å². The lowest BCUT2D eigenvalue weighted by molar-refractivity contribution is -0.144. The van der Waals surface area contributed by atoms with E-state index in [1.54, 1.807) is 6.07 Å². The van der Waals surface area contributed by atoms with Crippen molar-refractivity contribution < 1.29 is 31.9 Å². The van der Waals surface area contributed by atoms with Gasteiger partial charge < -0.3 is 18.9 Å². The Morgan fingerprint density at radius 3 is 2.00 bits per heavy atom. The minimum Gasteiger partial charge on any atom is -0.368 e. The zero-order valence-corrected chi connectivity index (χ0v) is 26.1. The van der Waals surface area contributed by atoms with Crippen molar-refractivity contribution in [2.75, 3.05) is 31.1 Å². The zero-order valence-electron chi connectivity index (χ0n) is 26.1. The third-order valence-electron chi connectivity index (χ3n) is 8.47. The van der Waals surface area contributed by atoms with Gasteiger partial charge in [-0.15, -0.1) is 0 Å². The van der Waals surface area contributed by atoms with Gasteiger partial charge in [0.15, 0.2) is 5.78 Å². The maximum atomic E-state index is 14.5. The summed E-state index contributed by atoms with van der Waals surface area (Å²) in [6.07, 6.45) is 3.69. The molecule has 0 radical (unpaired) electrons. The highest BCUT2D eigenvalue weighted by atomic mass is 19.1. The fourth-order valence-electron chi connectivity index (χ4n) is 5.87. The molecule has 2 aromatic heterocycles. The van der Waals surface area contributed by atoms with Gasteiger partial charge in [0, 0.05) is 85.8 Å². The minimum atomic E-state index is -1.17. The van der Waals surface area contributed by atoms with Gasteiger partial charge in [-0.25, -0.2) is 17.6 Å². The summed E-state index contributed by atoms with van der Waals surface area (Å²) in [4.78, 5) is 56.4. The molecule has 0 saturated carbocycles. The Hall–Kier alpha value is -5.78. The number of benzene rings is 3. The second-order valence-electron chi connectivity index (χ2n) is 11.7. The van der Waals surface area contributed by atoms with Crippen LogP contribution in [0.2, 0.25) is 0 Å². The lowest BCUT2D eigenvalue weighted by atomic mass is 10.00. The van der Waals surface area contributed by atoms with Crippen LogP contribution in [-0.2, 0) is 22.6 Å². The molecule has 0 N–H and O–H groups in total. The van der Waals surface area contributed by atoms with Gasteiger partial charge in [-0.3, -0.25) is 19.2 Å². The van der Waals surface area contributed by atoms with Crippen molar-refractivity contribution in [3.05, 3.63) is 153 Å². The molecule has 3 aromatic carbocycles. The number of nitrogens with zero attached hydrogens (tertiary/aromatic N) is 4. The van der Waals surface area contributed by atoms with Crippen LogP contribution < -0.4 is 10.5 Å². The molecule has 0 unspecified atom stereocenters. The number of hydrogen-bond donors (Lipinski definition) is 0. The number of pyridine rings is 1. The van der Waals surface area contributed by atoms with Gasteiger partial charge in [0.05, 0.1) is 18.5 Å². The largest absolute Gasteiger partial charge is 0.368 e. The molecule has 1 amide bonds. The quantitative estimate of drug-likeness (QED) is 0.0869. The Morgan fingerprint density at radius 2 is 1.35 bits per heavy atom. The van der Waals surface area contributed by atoms with Crippen molar-refractivity contribution in [3.63, 3.8) is 0 Å². The lowest BCUT2D eigenvalue weighted by Gasteiger charge is -2.35. The van der Waals surface area contributed by atoms with E-state index in [0.29, 0.717) is 25.2 Å². The molecule has 6 rings (SSSR count). The molecule has 0 spiro atoms. The predicted molar refractivity (Wildman–Crippen MR) is 174 cm³/mol. The first-order valence-corrected chi connectivity index (χ1v) is 15.5. The normalized spacial score (nSPS) is 13.1. The standard InChI is InChI=1S/C37H30F4N4O4/c38-26-19-32(40)29(33(41)20-26)17-24-18-30(36(48)45(22-24)23-25-5-1-2-6-31(25)39)34(46)21-35(47)37(49)44-15-13-43(14-16-44)28-9-7-27(8-10-28)42-11-3-4-12-42/h1-12,18-20,22H,13-17,21,23H2. The van der Waals surface area contributed by atoms with Gasteiger partial charge in [0.2, 0.25) is 5.78 Å². The number of piperazine rings is 1. The van der Waals surface area contributed by atoms with Gasteiger partial charge in [0.25, 0.3) is 11.5 Å². The fourth-order valence-corrected chi connectivity index (χ4v) is 5.87. The summed E-state index contributed by atoms with van der Waals surface area (Å²) >= 11 is 0. The molecule has 5 aromatic rings. The molecule has 49 heavy (non-hydrogen) atoms. The topological polar surface area (TPSA) is 84.6 Å². The number of Topliss-reactive ketones (excluding diaryl/α,β-unsaturated/α-hetero) is 2. The average Bonchev–Trinajstić information content (AvgIpc) is 3.64. The van der Waals surface area contributed by atoms with Crippen molar-refractivity contribution in [3.8, 4) is 5.69 Å². The highest BCUT2D eigenvalue weighted by Gasteiger charge is 2.29. The summed E-state index contributed by atoms with van der Waals surface area (Å²) < 4.78 is 60.0. The van der Waals surface area contributed by atoms with Crippen LogP contribution in [0.25, 0.3) is 5.69 Å².